The van der Waals surface area contributed by atoms with Crippen molar-refractivity contribution in [2.75, 3.05) is 32.7 Å². The summed E-state index contributed by atoms with van der Waals surface area (Å²) in [4.78, 5) is 43.3. The molecule has 53 heavy (non-hydrogen) atoms. The van der Waals surface area contributed by atoms with E-state index in [4.69, 9.17) is 9.90 Å². The van der Waals surface area contributed by atoms with E-state index in [0.29, 0.717) is 38.0 Å². The highest BCUT2D eigenvalue weighted by Crippen LogP contribution is 2.24. The number of likely N-dealkylation sites (tertiary alicyclic amines) is 1. The summed E-state index contributed by atoms with van der Waals surface area (Å²) in [5.41, 5.74) is 7.35. The van der Waals surface area contributed by atoms with Crippen LogP contribution in [0.4, 0.5) is 13.2 Å². The molecule has 0 spiro atoms. The number of aliphatic carboxylic acids is 1. The number of aromatic nitrogens is 1. The Balaban J connectivity index is 0.000000705. The van der Waals surface area contributed by atoms with Gasteiger partial charge in [-0.15, -0.1) is 0 Å². The van der Waals surface area contributed by atoms with Gasteiger partial charge < -0.3 is 25.2 Å². The minimum Gasteiger partial charge on any atom is -0.475 e. The molecule has 278 valence electrons. The lowest BCUT2D eigenvalue weighted by atomic mass is 10.0. The third kappa shape index (κ3) is 11.8. The number of rotatable bonds is 14. The highest BCUT2D eigenvalue weighted by molar-refractivity contribution is 5.95. The first-order valence-electron chi connectivity index (χ1n) is 17.9. The monoisotopic (exact) mass is 726 g/mol. The molecule has 0 bridgehead atoms. The van der Waals surface area contributed by atoms with Crippen LogP contribution < -0.4 is 5.32 Å². The normalized spacial score (nSPS) is 13.0. The van der Waals surface area contributed by atoms with Crippen LogP contribution in [-0.2, 0) is 29.0 Å². The van der Waals surface area contributed by atoms with Crippen LogP contribution in [0.25, 0.3) is 22.0 Å². The molecular formula is C42H45F3N4O4. The number of hydrogen-bond donors (Lipinski definition) is 3. The topological polar surface area (TPSA) is 106 Å². The minimum absolute atomic E-state index is 0.0393. The van der Waals surface area contributed by atoms with Gasteiger partial charge in [-0.1, -0.05) is 78.9 Å². The first-order valence-corrected chi connectivity index (χ1v) is 17.9. The molecular weight excluding hydrogens is 681 g/mol. The van der Waals surface area contributed by atoms with E-state index < -0.39 is 12.1 Å². The predicted octanol–water partition coefficient (Wildman–Crippen LogP) is 7.89. The maximum atomic E-state index is 13.7. The Morgan fingerprint density at radius 2 is 1.47 bits per heavy atom. The van der Waals surface area contributed by atoms with Gasteiger partial charge in [-0.05, 0) is 97.3 Å². The number of alkyl halides is 3. The second-order valence-corrected chi connectivity index (χ2v) is 13.2. The molecule has 6 rings (SSSR count). The van der Waals surface area contributed by atoms with Gasteiger partial charge in [-0.25, -0.2) is 4.79 Å². The first kappa shape index (κ1) is 38.8. The first-order chi connectivity index (χ1) is 25.6. The Hall–Kier alpha value is -5.42. The molecule has 8 nitrogen and oxygen atoms in total. The summed E-state index contributed by atoms with van der Waals surface area (Å²) < 4.78 is 31.7. The molecule has 2 heterocycles. The lowest BCUT2D eigenvalue weighted by Crippen LogP contribution is -2.33. The molecule has 0 atom stereocenters. The van der Waals surface area contributed by atoms with Gasteiger partial charge >= 0.3 is 12.1 Å². The molecule has 1 aliphatic rings. The molecule has 0 unspecified atom stereocenters. The van der Waals surface area contributed by atoms with E-state index in [1.54, 1.807) is 0 Å². The van der Waals surface area contributed by atoms with Crippen molar-refractivity contribution in [1.29, 1.82) is 0 Å². The van der Waals surface area contributed by atoms with E-state index in [9.17, 15) is 22.8 Å². The van der Waals surface area contributed by atoms with Crippen molar-refractivity contribution in [3.8, 4) is 11.1 Å². The van der Waals surface area contributed by atoms with E-state index >= 15 is 0 Å². The Morgan fingerprint density at radius 3 is 2.21 bits per heavy atom. The molecule has 2 amide bonds. The highest BCUT2D eigenvalue weighted by Gasteiger charge is 2.38. The Morgan fingerprint density at radius 1 is 0.811 bits per heavy atom. The predicted molar refractivity (Wildman–Crippen MR) is 200 cm³/mol. The maximum Gasteiger partial charge on any atom is 0.490 e. The van der Waals surface area contributed by atoms with Gasteiger partial charge in [-0.3, -0.25) is 9.59 Å². The summed E-state index contributed by atoms with van der Waals surface area (Å²) in [6.45, 7) is 5.05. The van der Waals surface area contributed by atoms with Crippen LogP contribution in [0.2, 0.25) is 0 Å². The van der Waals surface area contributed by atoms with Crippen molar-refractivity contribution in [2.45, 2.75) is 51.2 Å². The van der Waals surface area contributed by atoms with Crippen molar-refractivity contribution in [3.63, 3.8) is 0 Å². The average molecular weight is 727 g/mol. The largest absolute Gasteiger partial charge is 0.490 e. The van der Waals surface area contributed by atoms with Gasteiger partial charge in [0.05, 0.1) is 0 Å². The number of H-pyrrole nitrogens is 1. The van der Waals surface area contributed by atoms with Crippen LogP contribution >= 0.6 is 0 Å². The summed E-state index contributed by atoms with van der Waals surface area (Å²) >= 11 is 0. The quantitative estimate of drug-likeness (QED) is 0.108. The van der Waals surface area contributed by atoms with Crippen molar-refractivity contribution in [1.82, 2.24) is 20.1 Å². The van der Waals surface area contributed by atoms with Gasteiger partial charge in [0, 0.05) is 55.3 Å². The molecule has 5 aromatic rings. The summed E-state index contributed by atoms with van der Waals surface area (Å²) in [5.74, 6) is -2.63. The lowest BCUT2D eigenvalue weighted by Gasteiger charge is -2.23. The van der Waals surface area contributed by atoms with Crippen molar-refractivity contribution in [2.24, 2.45) is 0 Å². The number of fused-ring (bicyclic) bond motifs is 1. The fraction of sp³-hybridized carbons (Fsp3) is 0.310. The average Bonchev–Trinajstić information content (AvgIpc) is 3.84. The molecule has 3 N–H and O–H groups in total. The molecule has 4 aromatic carbocycles. The summed E-state index contributed by atoms with van der Waals surface area (Å²) in [6.07, 6.45) is 2.44. The standard InChI is InChI=1S/C40H44N4O2.C2HF3O2/c45-39(21-20-36-29-42-38-19-5-4-18-37(36)38)44(25-10-14-31-11-2-1-3-12-31)30-32-13-8-15-33(27-32)34-16-9-17-35(28-34)40(46)41-22-26-43-23-6-7-24-43;3-2(4,5)1(6)7/h1-5,8-9,11-13,15-19,27-29,42H,6-7,10,14,20-26,30H2,(H,41,46);(H,6,7). The van der Waals surface area contributed by atoms with Crippen LogP contribution in [0.15, 0.2) is 109 Å². The van der Waals surface area contributed by atoms with Gasteiger partial charge in [0.15, 0.2) is 0 Å². The number of hydrogen-bond acceptors (Lipinski definition) is 4. The molecule has 0 saturated carbocycles. The van der Waals surface area contributed by atoms with Gasteiger partial charge in [0.25, 0.3) is 5.91 Å². The molecule has 1 fully saturated rings. The third-order valence-corrected chi connectivity index (χ3v) is 9.29. The maximum absolute atomic E-state index is 13.7. The number of para-hydroxylation sites is 1. The number of carboxylic acid groups (broad SMARTS) is 1. The van der Waals surface area contributed by atoms with Crippen LogP contribution in [0, 0.1) is 0 Å². The molecule has 11 heteroatoms. The number of nitrogens with one attached hydrogen (secondary N) is 2. The number of halogens is 3. The van der Waals surface area contributed by atoms with Gasteiger partial charge in [0.2, 0.25) is 5.91 Å². The molecule has 0 aliphatic carbocycles. The van der Waals surface area contributed by atoms with E-state index in [2.05, 4.69) is 69.8 Å². The number of aromatic amines is 1. The van der Waals surface area contributed by atoms with Gasteiger partial charge in [-0.2, -0.15) is 13.2 Å². The number of carboxylic acids is 1. The van der Waals surface area contributed by atoms with E-state index in [1.165, 1.54) is 29.4 Å². The number of benzene rings is 4. The second kappa shape index (κ2) is 18.9. The van der Waals surface area contributed by atoms with Crippen molar-refractivity contribution in [3.05, 3.63) is 132 Å². The lowest BCUT2D eigenvalue weighted by molar-refractivity contribution is -0.192. The smallest absolute Gasteiger partial charge is 0.475 e. The van der Waals surface area contributed by atoms with Crippen molar-refractivity contribution < 1.29 is 32.7 Å². The number of aryl methyl sites for hydroxylation is 2. The number of carbonyl (C=O) groups excluding carboxylic acids is 2. The second-order valence-electron chi connectivity index (χ2n) is 13.2. The Kier molecular flexibility index (Phi) is 13.8. The fourth-order valence-corrected chi connectivity index (χ4v) is 6.49. The van der Waals surface area contributed by atoms with Gasteiger partial charge in [0.1, 0.15) is 0 Å². The minimum atomic E-state index is -5.08. The molecule has 1 aromatic heterocycles. The Bertz CT molecular complexity index is 1950. The summed E-state index contributed by atoms with van der Waals surface area (Å²) in [6, 6.07) is 34.9. The van der Waals surface area contributed by atoms with E-state index in [1.807, 2.05) is 59.6 Å². The zero-order valence-corrected chi connectivity index (χ0v) is 29.6. The van der Waals surface area contributed by atoms with Crippen LogP contribution in [-0.4, -0.2) is 76.6 Å². The SMILES string of the molecule is O=C(NCCN1CCCC1)c1cccc(-c2cccc(CN(CCCc3ccccc3)C(=O)CCc3c[nH]c4ccccc34)c2)c1.O=C(O)C(F)(F)F. The zero-order valence-electron chi connectivity index (χ0n) is 29.6. The number of amides is 2. The van der Waals surface area contributed by atoms with Crippen molar-refractivity contribution >= 4 is 28.7 Å². The van der Waals surface area contributed by atoms with Crippen LogP contribution in [0.5, 0.6) is 0 Å². The number of carbonyl (C=O) groups is 3. The fourth-order valence-electron chi connectivity index (χ4n) is 6.49. The number of nitrogens with zero attached hydrogens (tertiary/aromatic N) is 2. The van der Waals surface area contributed by atoms with Crippen LogP contribution in [0.1, 0.15) is 52.7 Å². The molecule has 0 radical (unpaired) electrons. The van der Waals surface area contributed by atoms with Crippen LogP contribution in [0.3, 0.4) is 0 Å². The summed E-state index contributed by atoms with van der Waals surface area (Å²) in [7, 11) is 0. The third-order valence-electron chi connectivity index (χ3n) is 9.29. The van der Waals surface area contributed by atoms with E-state index in [0.717, 1.165) is 54.7 Å². The summed E-state index contributed by atoms with van der Waals surface area (Å²) in [5, 5.41) is 11.4. The van der Waals surface area contributed by atoms with E-state index in [-0.39, 0.29) is 11.8 Å². The highest BCUT2D eigenvalue weighted by atomic mass is 19.4. The molecule has 1 saturated heterocycles. The Labute approximate surface area is 307 Å². The molecule has 1 aliphatic heterocycles. The zero-order chi connectivity index (χ0) is 37.6.